The zero-order valence-electron chi connectivity index (χ0n) is 15.2. The molecule has 0 heterocycles. The summed E-state index contributed by atoms with van der Waals surface area (Å²) in [5, 5.41) is 3.02. The number of hydrogen-bond donors (Lipinski definition) is 1. The zero-order valence-corrected chi connectivity index (χ0v) is 15.2. The molecule has 3 nitrogen and oxygen atoms in total. The Bertz CT molecular complexity index is 691. The summed E-state index contributed by atoms with van der Waals surface area (Å²) in [5.41, 5.74) is 4.61. The van der Waals surface area contributed by atoms with Gasteiger partial charge in [0.15, 0.2) is 6.10 Å². The molecular weight excluding hydrogens is 298 g/mol. The first kappa shape index (κ1) is 18.1. The summed E-state index contributed by atoms with van der Waals surface area (Å²) in [4.78, 5) is 12.4. The molecule has 0 aliphatic heterocycles. The van der Waals surface area contributed by atoms with Gasteiger partial charge >= 0.3 is 0 Å². The minimum Gasteiger partial charge on any atom is -0.481 e. The van der Waals surface area contributed by atoms with Crippen LogP contribution in [0.3, 0.4) is 0 Å². The number of carbonyl (C=O) groups is 1. The molecule has 0 saturated heterocycles. The van der Waals surface area contributed by atoms with Gasteiger partial charge in [0, 0.05) is 0 Å². The van der Waals surface area contributed by atoms with Crippen LogP contribution in [0.25, 0.3) is 0 Å². The highest BCUT2D eigenvalue weighted by Crippen LogP contribution is 2.20. The first-order valence-electron chi connectivity index (χ1n) is 8.53. The molecule has 24 heavy (non-hydrogen) atoms. The van der Waals surface area contributed by atoms with Crippen molar-refractivity contribution >= 4 is 5.91 Å². The number of aryl methyl sites for hydroxylation is 3. The van der Waals surface area contributed by atoms with Gasteiger partial charge in [0.1, 0.15) is 5.75 Å². The van der Waals surface area contributed by atoms with Crippen LogP contribution in [0.2, 0.25) is 0 Å². The molecule has 0 aromatic heterocycles. The molecule has 128 valence electrons. The first-order chi connectivity index (χ1) is 11.4. The van der Waals surface area contributed by atoms with E-state index < -0.39 is 6.10 Å². The van der Waals surface area contributed by atoms with E-state index >= 15 is 0 Å². The molecule has 0 fully saturated rings. The Morgan fingerprint density at radius 1 is 1.08 bits per heavy atom. The van der Waals surface area contributed by atoms with Crippen molar-refractivity contribution in [3.63, 3.8) is 0 Å². The van der Waals surface area contributed by atoms with Crippen LogP contribution in [-0.4, -0.2) is 12.0 Å². The number of nitrogens with one attached hydrogen (secondary N) is 1. The number of benzene rings is 2. The lowest BCUT2D eigenvalue weighted by atomic mass is 10.0. The molecule has 2 rings (SSSR count). The quantitative estimate of drug-likeness (QED) is 0.848. The van der Waals surface area contributed by atoms with Gasteiger partial charge < -0.3 is 10.1 Å². The molecule has 1 N–H and O–H groups in total. The summed E-state index contributed by atoms with van der Waals surface area (Å²) in [6.07, 6.45) is 0.477. The number of hydrogen-bond acceptors (Lipinski definition) is 2. The second-order valence-electron chi connectivity index (χ2n) is 6.35. The molecule has 0 aliphatic carbocycles. The highest BCUT2D eigenvalue weighted by atomic mass is 16.5. The Balaban J connectivity index is 1.97. The summed E-state index contributed by atoms with van der Waals surface area (Å²) in [6.45, 7) is 9.93. The van der Waals surface area contributed by atoms with Gasteiger partial charge in [-0.3, -0.25) is 4.79 Å². The van der Waals surface area contributed by atoms with E-state index in [2.05, 4.69) is 42.6 Å². The Morgan fingerprint density at radius 3 is 2.33 bits per heavy atom. The largest absolute Gasteiger partial charge is 0.481 e. The smallest absolute Gasteiger partial charge is 0.261 e. The van der Waals surface area contributed by atoms with Crippen LogP contribution in [0.1, 0.15) is 49.1 Å². The molecule has 1 amide bonds. The predicted molar refractivity (Wildman–Crippen MR) is 98.4 cm³/mol. The van der Waals surface area contributed by atoms with E-state index in [-0.39, 0.29) is 11.9 Å². The lowest BCUT2D eigenvalue weighted by Gasteiger charge is -2.20. The fourth-order valence-corrected chi connectivity index (χ4v) is 2.63. The van der Waals surface area contributed by atoms with Crippen LogP contribution in [0.5, 0.6) is 5.75 Å². The van der Waals surface area contributed by atoms with Crippen LogP contribution in [0.15, 0.2) is 42.5 Å². The summed E-state index contributed by atoms with van der Waals surface area (Å²) in [7, 11) is 0. The monoisotopic (exact) mass is 325 g/mol. The molecular formula is C21H27NO2. The van der Waals surface area contributed by atoms with Gasteiger partial charge in [-0.1, -0.05) is 48.9 Å². The Labute approximate surface area is 145 Å². The second kappa shape index (κ2) is 8.00. The van der Waals surface area contributed by atoms with Crippen LogP contribution in [0.4, 0.5) is 0 Å². The van der Waals surface area contributed by atoms with E-state index in [1.54, 1.807) is 6.92 Å². The van der Waals surface area contributed by atoms with Crippen molar-refractivity contribution in [2.45, 2.75) is 53.2 Å². The van der Waals surface area contributed by atoms with Gasteiger partial charge in [-0.25, -0.2) is 0 Å². The molecule has 0 bridgehead atoms. The summed E-state index contributed by atoms with van der Waals surface area (Å²) < 4.78 is 5.82. The molecule has 0 unspecified atom stereocenters. The minimum absolute atomic E-state index is 0.0476. The first-order valence-corrected chi connectivity index (χ1v) is 8.53. The van der Waals surface area contributed by atoms with Gasteiger partial charge in [-0.2, -0.15) is 0 Å². The van der Waals surface area contributed by atoms with Crippen LogP contribution in [-0.2, 0) is 11.2 Å². The molecule has 2 aromatic rings. The highest BCUT2D eigenvalue weighted by molar-refractivity contribution is 5.81. The zero-order chi connectivity index (χ0) is 17.7. The van der Waals surface area contributed by atoms with Crippen molar-refractivity contribution in [3.05, 3.63) is 64.7 Å². The molecule has 0 saturated carbocycles. The van der Waals surface area contributed by atoms with Crippen LogP contribution in [0, 0.1) is 13.8 Å². The van der Waals surface area contributed by atoms with Gasteiger partial charge in [0.2, 0.25) is 0 Å². The van der Waals surface area contributed by atoms with Crippen molar-refractivity contribution in [2.24, 2.45) is 0 Å². The van der Waals surface area contributed by atoms with Gasteiger partial charge in [-0.15, -0.1) is 0 Å². The third kappa shape index (κ3) is 4.60. The van der Waals surface area contributed by atoms with E-state index in [4.69, 9.17) is 4.74 Å². The predicted octanol–water partition coefficient (Wildman–Crippen LogP) is 4.51. The minimum atomic E-state index is -0.538. The molecule has 0 spiro atoms. The summed E-state index contributed by atoms with van der Waals surface area (Å²) >= 11 is 0. The maximum absolute atomic E-state index is 12.4. The third-order valence-electron chi connectivity index (χ3n) is 4.25. The second-order valence-corrected chi connectivity index (χ2v) is 6.35. The maximum Gasteiger partial charge on any atom is 0.261 e. The lowest BCUT2D eigenvalue weighted by molar-refractivity contribution is -0.127. The van der Waals surface area contributed by atoms with Crippen molar-refractivity contribution in [1.82, 2.24) is 5.32 Å². The fraction of sp³-hybridized carbons (Fsp3) is 0.381. The van der Waals surface area contributed by atoms with Crippen molar-refractivity contribution in [1.29, 1.82) is 0 Å². The summed E-state index contributed by atoms with van der Waals surface area (Å²) in [5.74, 6) is 0.644. The van der Waals surface area contributed by atoms with Gasteiger partial charge in [0.25, 0.3) is 5.91 Å². The SMILES string of the molecule is CCc1ccc([C@@H](C)NC(=O)[C@H](C)Oc2ccc(C)cc2C)cc1. The van der Waals surface area contributed by atoms with Crippen LogP contribution >= 0.6 is 0 Å². The Hall–Kier alpha value is -2.29. The Morgan fingerprint density at radius 2 is 1.75 bits per heavy atom. The number of rotatable bonds is 6. The van der Waals surface area contributed by atoms with E-state index in [0.29, 0.717) is 0 Å². The van der Waals surface area contributed by atoms with E-state index in [1.807, 2.05) is 32.9 Å². The lowest BCUT2D eigenvalue weighted by Crippen LogP contribution is -2.37. The topological polar surface area (TPSA) is 38.3 Å². The van der Waals surface area contributed by atoms with E-state index in [1.165, 1.54) is 11.1 Å². The number of carbonyl (C=O) groups excluding carboxylic acids is 1. The number of amides is 1. The molecule has 0 aliphatic rings. The molecule has 2 aromatic carbocycles. The Kier molecular flexibility index (Phi) is 6.02. The standard InChI is InChI=1S/C21H27NO2/c1-6-18-8-10-19(11-9-18)16(4)22-21(23)17(5)24-20-12-7-14(2)13-15(20)3/h7-13,16-17H,6H2,1-5H3,(H,22,23)/t16-,17+/m1/s1. The van der Waals surface area contributed by atoms with E-state index in [0.717, 1.165) is 23.3 Å². The van der Waals surface area contributed by atoms with E-state index in [9.17, 15) is 4.79 Å². The average molecular weight is 325 g/mol. The van der Waals surface area contributed by atoms with Crippen molar-refractivity contribution in [2.75, 3.05) is 0 Å². The molecule has 3 heteroatoms. The van der Waals surface area contributed by atoms with Crippen molar-refractivity contribution in [3.8, 4) is 5.75 Å². The highest BCUT2D eigenvalue weighted by Gasteiger charge is 2.18. The summed E-state index contributed by atoms with van der Waals surface area (Å²) in [6, 6.07) is 14.3. The maximum atomic E-state index is 12.4. The van der Waals surface area contributed by atoms with Crippen molar-refractivity contribution < 1.29 is 9.53 Å². The number of ether oxygens (including phenoxy) is 1. The van der Waals surface area contributed by atoms with Gasteiger partial charge in [0.05, 0.1) is 6.04 Å². The third-order valence-corrected chi connectivity index (χ3v) is 4.25. The average Bonchev–Trinajstić information content (AvgIpc) is 2.57. The van der Waals surface area contributed by atoms with Crippen LogP contribution < -0.4 is 10.1 Å². The molecule has 2 atom stereocenters. The normalized spacial score (nSPS) is 13.2. The molecule has 0 radical (unpaired) electrons. The fourth-order valence-electron chi connectivity index (χ4n) is 2.63. The van der Waals surface area contributed by atoms with Gasteiger partial charge in [-0.05, 0) is 56.9 Å².